The normalized spacial score (nSPS) is 15.7. The van der Waals surface area contributed by atoms with Gasteiger partial charge in [0.25, 0.3) is 0 Å². The topological polar surface area (TPSA) is 0 Å². The molecule has 0 saturated carbocycles. The Balaban J connectivity index is 1.79. The number of aryl methyl sites for hydroxylation is 2. The van der Waals surface area contributed by atoms with E-state index in [9.17, 15) is 0 Å². The third-order valence-corrected chi connectivity index (χ3v) is 10.8. The molecule has 0 radical (unpaired) electrons. The second-order valence-corrected chi connectivity index (χ2v) is 14.5. The van der Waals surface area contributed by atoms with Crippen LogP contribution in [0.15, 0.2) is 106 Å². The molecule has 0 nitrogen and oxygen atoms in total. The third-order valence-electron chi connectivity index (χ3n) is 9.77. The van der Waals surface area contributed by atoms with Crippen molar-refractivity contribution in [3.63, 3.8) is 0 Å². The molecule has 40 heavy (non-hydrogen) atoms. The lowest BCUT2D eigenvalue weighted by Gasteiger charge is -2.49. The van der Waals surface area contributed by atoms with E-state index in [1.807, 2.05) is 0 Å². The van der Waals surface area contributed by atoms with Crippen molar-refractivity contribution < 1.29 is 0 Å². The van der Waals surface area contributed by atoms with Crippen molar-refractivity contribution in [1.29, 1.82) is 0 Å². The molecule has 0 aliphatic rings. The molecule has 4 unspecified atom stereocenters. The standard InChI is InChI=1S/C38H44Br2/c1-26-8-16-32(17-9-26)37(5,6)38(7,33-18-10-27(2)11-19-33)25-36(31-14-22-35(40)23-15-31)29(4)28(3)24-30-12-20-34(39)21-13-30/h8-23,28-29,36H,24-25H2,1-7H3. The number of hydrogen-bond acceptors (Lipinski definition) is 0. The van der Waals surface area contributed by atoms with Gasteiger partial charge in [-0.3, -0.25) is 0 Å². The van der Waals surface area contributed by atoms with Crippen molar-refractivity contribution in [2.24, 2.45) is 11.8 Å². The maximum atomic E-state index is 3.68. The molecular formula is C38H44Br2. The van der Waals surface area contributed by atoms with Crippen molar-refractivity contribution in [3.8, 4) is 0 Å². The van der Waals surface area contributed by atoms with Gasteiger partial charge in [-0.05, 0) is 96.4 Å². The fraction of sp³-hybridized carbons (Fsp3) is 0.368. The van der Waals surface area contributed by atoms with Gasteiger partial charge in [0, 0.05) is 14.4 Å². The molecule has 0 heterocycles. The summed E-state index contributed by atoms with van der Waals surface area (Å²) in [6.07, 6.45) is 2.13. The maximum absolute atomic E-state index is 3.68. The van der Waals surface area contributed by atoms with Crippen LogP contribution in [0.25, 0.3) is 0 Å². The predicted octanol–water partition coefficient (Wildman–Crippen LogP) is 11.8. The van der Waals surface area contributed by atoms with Gasteiger partial charge in [0.05, 0.1) is 0 Å². The monoisotopic (exact) mass is 658 g/mol. The summed E-state index contributed by atoms with van der Waals surface area (Å²) in [7, 11) is 0. The molecule has 4 atom stereocenters. The van der Waals surface area contributed by atoms with Crippen molar-refractivity contribution in [1.82, 2.24) is 0 Å². The highest BCUT2D eigenvalue weighted by atomic mass is 79.9. The lowest BCUT2D eigenvalue weighted by atomic mass is 9.55. The molecular weight excluding hydrogens is 616 g/mol. The van der Waals surface area contributed by atoms with Crippen LogP contribution in [0.4, 0.5) is 0 Å². The average Bonchev–Trinajstić information content (AvgIpc) is 2.93. The number of halogens is 2. The first kappa shape index (κ1) is 30.8. The molecule has 2 heteroatoms. The Bertz CT molecular complexity index is 1370. The van der Waals surface area contributed by atoms with Gasteiger partial charge in [-0.15, -0.1) is 0 Å². The van der Waals surface area contributed by atoms with Crippen LogP contribution in [0.5, 0.6) is 0 Å². The molecule has 0 aromatic heterocycles. The Hall–Kier alpha value is -2.16. The minimum Gasteiger partial charge on any atom is -0.0619 e. The highest BCUT2D eigenvalue weighted by molar-refractivity contribution is 9.10. The van der Waals surface area contributed by atoms with Crippen LogP contribution in [0.3, 0.4) is 0 Å². The van der Waals surface area contributed by atoms with Crippen LogP contribution >= 0.6 is 31.9 Å². The fourth-order valence-electron chi connectivity index (χ4n) is 6.28. The molecule has 0 spiro atoms. The van der Waals surface area contributed by atoms with E-state index < -0.39 is 0 Å². The largest absolute Gasteiger partial charge is 0.0619 e. The summed E-state index contributed by atoms with van der Waals surface area (Å²) in [6.45, 7) is 16.7. The number of rotatable bonds is 10. The van der Waals surface area contributed by atoms with Crippen LogP contribution < -0.4 is 0 Å². The van der Waals surface area contributed by atoms with E-state index in [1.165, 1.54) is 33.4 Å². The van der Waals surface area contributed by atoms with Crippen molar-refractivity contribution >= 4 is 31.9 Å². The van der Waals surface area contributed by atoms with E-state index in [0.717, 1.165) is 21.8 Å². The van der Waals surface area contributed by atoms with E-state index in [-0.39, 0.29) is 10.8 Å². The Morgan fingerprint density at radius 1 is 0.600 bits per heavy atom. The molecule has 0 N–H and O–H groups in total. The quantitative estimate of drug-likeness (QED) is 0.159. The minimum absolute atomic E-state index is 0.0851. The summed E-state index contributed by atoms with van der Waals surface area (Å²) in [4.78, 5) is 0. The van der Waals surface area contributed by atoms with Crippen LogP contribution in [-0.2, 0) is 17.3 Å². The molecule has 4 aromatic carbocycles. The zero-order chi connectivity index (χ0) is 29.1. The van der Waals surface area contributed by atoms with Gasteiger partial charge in [-0.25, -0.2) is 0 Å². The molecule has 210 valence electrons. The molecule has 0 fully saturated rings. The summed E-state index contributed by atoms with van der Waals surface area (Å²) in [6, 6.07) is 36.5. The predicted molar refractivity (Wildman–Crippen MR) is 180 cm³/mol. The highest BCUT2D eigenvalue weighted by Crippen LogP contribution is 2.52. The van der Waals surface area contributed by atoms with Gasteiger partial charge in [0.15, 0.2) is 0 Å². The summed E-state index contributed by atoms with van der Waals surface area (Å²) in [5.41, 5.74) is 8.07. The Morgan fingerprint density at radius 2 is 1.05 bits per heavy atom. The van der Waals surface area contributed by atoms with Crippen LogP contribution in [0, 0.1) is 25.7 Å². The average molecular weight is 661 g/mol. The highest BCUT2D eigenvalue weighted by Gasteiger charge is 2.46. The van der Waals surface area contributed by atoms with Crippen LogP contribution in [0.2, 0.25) is 0 Å². The first-order valence-corrected chi connectivity index (χ1v) is 16.1. The molecule has 0 saturated heterocycles. The van der Waals surface area contributed by atoms with E-state index in [0.29, 0.717) is 17.8 Å². The molecule has 0 amide bonds. The summed E-state index contributed by atoms with van der Waals surface area (Å²) < 4.78 is 2.27. The van der Waals surface area contributed by atoms with Crippen molar-refractivity contribution in [2.75, 3.05) is 0 Å². The molecule has 4 aromatic rings. The summed E-state index contributed by atoms with van der Waals surface area (Å²) >= 11 is 7.28. The Kier molecular flexibility index (Phi) is 9.84. The Morgan fingerprint density at radius 3 is 1.55 bits per heavy atom. The Labute approximate surface area is 259 Å². The zero-order valence-corrected chi connectivity index (χ0v) is 28.3. The van der Waals surface area contributed by atoms with E-state index >= 15 is 0 Å². The van der Waals surface area contributed by atoms with Crippen LogP contribution in [0.1, 0.15) is 80.3 Å². The molecule has 0 aliphatic carbocycles. The van der Waals surface area contributed by atoms with Crippen molar-refractivity contribution in [2.45, 2.75) is 78.1 Å². The molecule has 0 aliphatic heterocycles. The van der Waals surface area contributed by atoms with Crippen LogP contribution in [-0.4, -0.2) is 0 Å². The SMILES string of the molecule is Cc1ccc(C(C)(C)C(C)(CC(c2ccc(Br)cc2)C(C)C(C)Cc2ccc(Br)cc2)c2ccc(C)cc2)cc1. The van der Waals surface area contributed by atoms with E-state index in [4.69, 9.17) is 0 Å². The number of benzene rings is 4. The maximum Gasteiger partial charge on any atom is 0.0175 e. The third kappa shape index (κ3) is 6.82. The van der Waals surface area contributed by atoms with Gasteiger partial charge < -0.3 is 0 Å². The second kappa shape index (κ2) is 12.8. The van der Waals surface area contributed by atoms with Gasteiger partial charge in [-0.2, -0.15) is 0 Å². The van der Waals surface area contributed by atoms with Gasteiger partial charge in [0.1, 0.15) is 0 Å². The summed E-state index contributed by atoms with van der Waals surface area (Å²) in [5, 5.41) is 0. The molecule has 0 bridgehead atoms. The van der Waals surface area contributed by atoms with Gasteiger partial charge in [0.2, 0.25) is 0 Å². The van der Waals surface area contributed by atoms with E-state index in [1.54, 1.807) is 0 Å². The van der Waals surface area contributed by atoms with Crippen molar-refractivity contribution in [3.05, 3.63) is 139 Å². The lowest BCUT2D eigenvalue weighted by molar-refractivity contribution is 0.198. The lowest BCUT2D eigenvalue weighted by Crippen LogP contribution is -2.45. The summed E-state index contributed by atoms with van der Waals surface area (Å²) in [5.74, 6) is 1.41. The smallest absolute Gasteiger partial charge is 0.0175 e. The first-order chi connectivity index (χ1) is 18.9. The fourth-order valence-corrected chi connectivity index (χ4v) is 6.80. The molecule has 4 rings (SSSR count). The minimum atomic E-state index is -0.0979. The first-order valence-electron chi connectivity index (χ1n) is 14.5. The van der Waals surface area contributed by atoms with Gasteiger partial charge in [-0.1, -0.05) is 150 Å². The zero-order valence-electron chi connectivity index (χ0n) is 25.1. The number of hydrogen-bond donors (Lipinski definition) is 0. The van der Waals surface area contributed by atoms with E-state index in [2.05, 4.69) is 177 Å². The van der Waals surface area contributed by atoms with Gasteiger partial charge >= 0.3 is 0 Å². The second-order valence-electron chi connectivity index (χ2n) is 12.7.